The minimum atomic E-state index is 0.0632. The van der Waals surface area contributed by atoms with Crippen LogP contribution >= 0.6 is 0 Å². The van der Waals surface area contributed by atoms with Gasteiger partial charge in [-0.05, 0) is 44.3 Å². The standard InChI is InChI=1S/C23H32N4O2/c28-22(27-17-12-21(24-27)19-8-4-3-5-9-19)18-25-15-10-20(11-16-25)23(29)26-13-6-1-2-7-14-26/h3-5,8-9,20H,1-2,6-7,10-18H2. The molecule has 1 aromatic carbocycles. The molecule has 29 heavy (non-hydrogen) atoms. The van der Waals surface area contributed by atoms with Crippen LogP contribution in [-0.4, -0.2) is 71.6 Å². The molecule has 3 aliphatic rings. The second kappa shape index (κ2) is 9.53. The predicted molar refractivity (Wildman–Crippen MR) is 114 cm³/mol. The van der Waals surface area contributed by atoms with Gasteiger partial charge in [0.2, 0.25) is 5.91 Å². The number of benzene rings is 1. The minimum absolute atomic E-state index is 0.0632. The zero-order valence-corrected chi connectivity index (χ0v) is 17.3. The summed E-state index contributed by atoms with van der Waals surface area (Å²) in [5, 5.41) is 6.17. The lowest BCUT2D eigenvalue weighted by Crippen LogP contribution is -2.45. The summed E-state index contributed by atoms with van der Waals surface area (Å²) in [5.74, 6) is 0.539. The number of hydrogen-bond donors (Lipinski definition) is 0. The predicted octanol–water partition coefficient (Wildman–Crippen LogP) is 2.74. The lowest BCUT2D eigenvalue weighted by atomic mass is 9.95. The third-order valence-corrected chi connectivity index (χ3v) is 6.41. The molecule has 0 N–H and O–H groups in total. The number of carbonyl (C=O) groups is 2. The van der Waals surface area contributed by atoms with Crippen molar-refractivity contribution in [2.24, 2.45) is 11.0 Å². The Morgan fingerprint density at radius 2 is 1.59 bits per heavy atom. The number of piperidine rings is 1. The Labute approximate surface area is 173 Å². The van der Waals surface area contributed by atoms with E-state index in [0.717, 1.165) is 69.6 Å². The number of rotatable bonds is 4. The average molecular weight is 397 g/mol. The molecule has 0 aliphatic carbocycles. The van der Waals surface area contributed by atoms with E-state index in [-0.39, 0.29) is 11.8 Å². The van der Waals surface area contributed by atoms with Crippen molar-refractivity contribution in [3.63, 3.8) is 0 Å². The van der Waals surface area contributed by atoms with Crippen molar-refractivity contribution in [3.8, 4) is 0 Å². The fraction of sp³-hybridized carbons (Fsp3) is 0.609. The van der Waals surface area contributed by atoms with Crippen molar-refractivity contribution in [1.82, 2.24) is 14.8 Å². The first-order valence-electron chi connectivity index (χ1n) is 11.1. The Bertz CT molecular complexity index is 733. The molecule has 4 rings (SSSR count). The number of hydrazone groups is 1. The van der Waals surface area contributed by atoms with Crippen molar-refractivity contribution < 1.29 is 9.59 Å². The van der Waals surface area contributed by atoms with Crippen molar-refractivity contribution in [2.45, 2.75) is 44.9 Å². The van der Waals surface area contributed by atoms with Gasteiger partial charge in [-0.15, -0.1) is 0 Å². The molecule has 6 nitrogen and oxygen atoms in total. The van der Waals surface area contributed by atoms with Crippen molar-refractivity contribution in [2.75, 3.05) is 39.3 Å². The second-order valence-electron chi connectivity index (χ2n) is 8.47. The number of nitrogens with zero attached hydrogens (tertiary/aromatic N) is 4. The molecule has 1 aromatic rings. The van der Waals surface area contributed by atoms with Crippen molar-refractivity contribution >= 4 is 17.5 Å². The van der Waals surface area contributed by atoms with E-state index in [1.165, 1.54) is 12.8 Å². The molecule has 2 amide bonds. The molecule has 6 heteroatoms. The van der Waals surface area contributed by atoms with E-state index >= 15 is 0 Å². The van der Waals surface area contributed by atoms with Crippen LogP contribution in [0.4, 0.5) is 0 Å². The quantitative estimate of drug-likeness (QED) is 0.786. The molecule has 0 spiro atoms. The van der Waals surface area contributed by atoms with Gasteiger partial charge in [-0.2, -0.15) is 5.10 Å². The molecule has 0 atom stereocenters. The Kier molecular flexibility index (Phi) is 6.60. The summed E-state index contributed by atoms with van der Waals surface area (Å²) >= 11 is 0. The number of carbonyl (C=O) groups excluding carboxylic acids is 2. The molecule has 156 valence electrons. The molecule has 2 fully saturated rings. The monoisotopic (exact) mass is 396 g/mol. The van der Waals surface area contributed by atoms with E-state index in [9.17, 15) is 9.59 Å². The van der Waals surface area contributed by atoms with Crippen molar-refractivity contribution in [3.05, 3.63) is 35.9 Å². The summed E-state index contributed by atoms with van der Waals surface area (Å²) in [6.07, 6.45) is 7.30. The summed E-state index contributed by atoms with van der Waals surface area (Å²) < 4.78 is 0. The first-order chi connectivity index (χ1) is 14.2. The second-order valence-corrected chi connectivity index (χ2v) is 8.47. The van der Waals surface area contributed by atoms with Crippen LogP contribution in [0, 0.1) is 5.92 Å². The fourth-order valence-corrected chi connectivity index (χ4v) is 4.63. The Hall–Kier alpha value is -2.21. The maximum absolute atomic E-state index is 12.8. The molecule has 0 radical (unpaired) electrons. The van der Waals surface area contributed by atoms with Crippen LogP contribution in [0.3, 0.4) is 0 Å². The first-order valence-corrected chi connectivity index (χ1v) is 11.1. The van der Waals surface area contributed by atoms with Crippen LogP contribution in [0.5, 0.6) is 0 Å². The highest BCUT2D eigenvalue weighted by molar-refractivity contribution is 6.02. The Balaban J connectivity index is 1.25. The lowest BCUT2D eigenvalue weighted by Gasteiger charge is -2.34. The van der Waals surface area contributed by atoms with Crippen LogP contribution in [0.1, 0.15) is 50.5 Å². The van der Waals surface area contributed by atoms with Crippen LogP contribution in [-0.2, 0) is 9.59 Å². The van der Waals surface area contributed by atoms with E-state index in [1.54, 1.807) is 5.01 Å². The molecule has 3 aliphatic heterocycles. The Morgan fingerprint density at radius 1 is 0.897 bits per heavy atom. The molecule has 0 aromatic heterocycles. The largest absolute Gasteiger partial charge is 0.342 e. The summed E-state index contributed by atoms with van der Waals surface area (Å²) in [6, 6.07) is 10.1. The van der Waals surface area contributed by atoms with E-state index in [1.807, 2.05) is 30.3 Å². The summed E-state index contributed by atoms with van der Waals surface area (Å²) in [6.45, 7) is 4.55. The lowest BCUT2D eigenvalue weighted by molar-refractivity contribution is -0.137. The molecule has 3 heterocycles. The van der Waals surface area contributed by atoms with Crippen LogP contribution < -0.4 is 0 Å². The highest BCUT2D eigenvalue weighted by Crippen LogP contribution is 2.22. The number of amides is 2. The number of likely N-dealkylation sites (tertiary alicyclic amines) is 2. The zero-order chi connectivity index (χ0) is 20.1. The summed E-state index contributed by atoms with van der Waals surface area (Å²) in [4.78, 5) is 29.8. The van der Waals surface area contributed by atoms with E-state index in [0.29, 0.717) is 19.0 Å². The van der Waals surface area contributed by atoms with Gasteiger partial charge in [0.15, 0.2) is 0 Å². The van der Waals surface area contributed by atoms with Gasteiger partial charge in [-0.1, -0.05) is 43.2 Å². The van der Waals surface area contributed by atoms with E-state index in [4.69, 9.17) is 0 Å². The highest BCUT2D eigenvalue weighted by atomic mass is 16.2. The normalized spacial score (nSPS) is 21.7. The minimum Gasteiger partial charge on any atom is -0.342 e. The van der Waals surface area contributed by atoms with Gasteiger partial charge in [0.05, 0.1) is 18.8 Å². The third-order valence-electron chi connectivity index (χ3n) is 6.41. The SMILES string of the molecule is O=C(C1CCN(CC(=O)N2CCC(c3ccccc3)=N2)CC1)N1CCCCCC1. The molecule has 0 saturated carbocycles. The van der Waals surface area contributed by atoms with Gasteiger partial charge < -0.3 is 4.90 Å². The van der Waals surface area contributed by atoms with Gasteiger partial charge in [0, 0.05) is 25.4 Å². The maximum Gasteiger partial charge on any atom is 0.256 e. The first kappa shape index (κ1) is 20.1. The smallest absolute Gasteiger partial charge is 0.256 e. The van der Waals surface area contributed by atoms with Crippen LogP contribution in [0.2, 0.25) is 0 Å². The van der Waals surface area contributed by atoms with E-state index < -0.39 is 0 Å². The molecule has 2 saturated heterocycles. The summed E-state index contributed by atoms with van der Waals surface area (Å²) in [5.41, 5.74) is 2.08. The van der Waals surface area contributed by atoms with Crippen molar-refractivity contribution in [1.29, 1.82) is 0 Å². The highest BCUT2D eigenvalue weighted by Gasteiger charge is 2.30. The van der Waals surface area contributed by atoms with Gasteiger partial charge in [-0.3, -0.25) is 14.5 Å². The number of hydrogen-bond acceptors (Lipinski definition) is 4. The molecular weight excluding hydrogens is 364 g/mol. The fourth-order valence-electron chi connectivity index (χ4n) is 4.63. The van der Waals surface area contributed by atoms with Gasteiger partial charge in [-0.25, -0.2) is 5.01 Å². The van der Waals surface area contributed by atoms with Gasteiger partial charge >= 0.3 is 0 Å². The van der Waals surface area contributed by atoms with Gasteiger partial charge in [0.1, 0.15) is 0 Å². The third kappa shape index (κ3) is 5.04. The zero-order valence-electron chi connectivity index (χ0n) is 17.3. The maximum atomic E-state index is 12.8. The van der Waals surface area contributed by atoms with E-state index in [2.05, 4.69) is 14.9 Å². The van der Waals surface area contributed by atoms with Crippen LogP contribution in [0.15, 0.2) is 35.4 Å². The Morgan fingerprint density at radius 3 is 2.28 bits per heavy atom. The molecular formula is C23H32N4O2. The topological polar surface area (TPSA) is 56.2 Å². The van der Waals surface area contributed by atoms with Crippen LogP contribution in [0.25, 0.3) is 0 Å². The molecule has 0 unspecified atom stereocenters. The average Bonchev–Trinajstić information content (AvgIpc) is 3.10. The molecule has 0 bridgehead atoms. The van der Waals surface area contributed by atoms with Gasteiger partial charge in [0.25, 0.3) is 5.91 Å². The summed E-state index contributed by atoms with van der Waals surface area (Å²) in [7, 11) is 0.